The fourth-order valence-electron chi connectivity index (χ4n) is 4.63. The lowest BCUT2D eigenvalue weighted by Crippen LogP contribution is -2.43. The number of β-amino-alcohol motifs (C(OH)–C–C–N with tert-alkyl or cyclic N) is 1. The van der Waals surface area contributed by atoms with Gasteiger partial charge in [-0.3, -0.25) is 9.97 Å². The van der Waals surface area contributed by atoms with Crippen LogP contribution in [-0.4, -0.2) is 74.9 Å². The standard InChI is InChI=1S/C25H27ClN4O4.C2H2O4/c1-33-17-2-3-21-19(11-17)18(4-7-27-21)23(31)14-30-8-5-16(6-9-30)28-13-15-10-24-22(12-20(15)26)29-25(32)34-24;3-1(4)2(5)6/h2-4,7,10-12,16,23,28,31H,5-6,8-9,13-14H2,1H3,(H,29,32);(H,3,4)(H,5,6)/t23-;/m0./s1. The first kappa shape index (κ1) is 29.0. The number of carbonyl (C=O) groups is 2. The van der Waals surface area contributed by atoms with Crippen molar-refractivity contribution in [2.45, 2.75) is 31.5 Å². The number of ether oxygens (including phenoxy) is 1. The lowest BCUT2D eigenvalue weighted by molar-refractivity contribution is -0.159. The fourth-order valence-corrected chi connectivity index (χ4v) is 4.86. The lowest BCUT2D eigenvalue weighted by Gasteiger charge is -2.34. The maximum atomic E-state index is 11.4. The van der Waals surface area contributed by atoms with Crippen molar-refractivity contribution < 1.29 is 34.1 Å². The zero-order valence-electron chi connectivity index (χ0n) is 21.6. The Kier molecular flexibility index (Phi) is 9.38. The van der Waals surface area contributed by atoms with E-state index in [1.165, 1.54) is 0 Å². The summed E-state index contributed by atoms with van der Waals surface area (Å²) >= 11 is 6.38. The number of aliphatic hydroxyl groups excluding tert-OH is 1. The number of nitrogens with zero attached hydrogens (tertiary/aromatic N) is 2. The van der Waals surface area contributed by atoms with Crippen molar-refractivity contribution in [1.29, 1.82) is 0 Å². The van der Waals surface area contributed by atoms with Crippen LogP contribution < -0.4 is 15.8 Å². The van der Waals surface area contributed by atoms with Gasteiger partial charge >= 0.3 is 17.7 Å². The number of H-pyrrole nitrogens is 1. The molecule has 40 heavy (non-hydrogen) atoms. The molecular formula is C27H29ClN4O8. The third-order valence-corrected chi connectivity index (χ3v) is 7.06. The third-order valence-electron chi connectivity index (χ3n) is 6.71. The molecule has 2 aromatic heterocycles. The summed E-state index contributed by atoms with van der Waals surface area (Å²) in [4.78, 5) is 38.9. The molecule has 3 heterocycles. The normalized spacial score (nSPS) is 15.0. The summed E-state index contributed by atoms with van der Waals surface area (Å²) in [6, 6.07) is 11.5. The van der Waals surface area contributed by atoms with Crippen LogP contribution in [0.3, 0.4) is 0 Å². The van der Waals surface area contributed by atoms with Gasteiger partial charge in [0.25, 0.3) is 0 Å². The number of carboxylic acids is 2. The van der Waals surface area contributed by atoms with Crippen molar-refractivity contribution in [2.75, 3.05) is 26.7 Å². The van der Waals surface area contributed by atoms with Crippen molar-refractivity contribution >= 4 is 45.5 Å². The van der Waals surface area contributed by atoms with E-state index in [4.69, 9.17) is 40.6 Å². The number of oxazole rings is 1. The monoisotopic (exact) mass is 572 g/mol. The van der Waals surface area contributed by atoms with E-state index >= 15 is 0 Å². The van der Waals surface area contributed by atoms with E-state index in [0.29, 0.717) is 35.3 Å². The van der Waals surface area contributed by atoms with E-state index in [0.717, 1.165) is 53.7 Å². The number of pyridine rings is 1. The van der Waals surface area contributed by atoms with E-state index in [1.54, 1.807) is 19.4 Å². The molecular weight excluding hydrogens is 544 g/mol. The number of halogens is 1. The number of carboxylic acid groups (broad SMARTS) is 2. The summed E-state index contributed by atoms with van der Waals surface area (Å²) in [6.07, 6.45) is 3.07. The molecule has 0 radical (unpaired) electrons. The number of piperidine rings is 1. The Morgan fingerprint density at radius 2 is 1.93 bits per heavy atom. The van der Waals surface area contributed by atoms with Crippen molar-refractivity contribution in [3.8, 4) is 5.75 Å². The summed E-state index contributed by atoms with van der Waals surface area (Å²) < 4.78 is 10.5. The molecule has 2 aromatic carbocycles. The number of aromatic nitrogens is 2. The van der Waals surface area contributed by atoms with Crippen LogP contribution in [0.1, 0.15) is 30.1 Å². The number of fused-ring (bicyclic) bond motifs is 2. The summed E-state index contributed by atoms with van der Waals surface area (Å²) in [7, 11) is 1.63. The number of hydrogen-bond acceptors (Lipinski definition) is 9. The summed E-state index contributed by atoms with van der Waals surface area (Å²) in [5, 5.41) is 30.9. The number of rotatable bonds is 7. The van der Waals surface area contributed by atoms with Gasteiger partial charge in [0.05, 0.1) is 24.2 Å². The van der Waals surface area contributed by atoms with Gasteiger partial charge in [0.15, 0.2) is 5.58 Å². The van der Waals surface area contributed by atoms with Gasteiger partial charge in [-0.2, -0.15) is 0 Å². The van der Waals surface area contributed by atoms with Crippen LogP contribution >= 0.6 is 11.6 Å². The molecule has 4 aromatic rings. The van der Waals surface area contributed by atoms with Crippen LogP contribution in [0.5, 0.6) is 5.75 Å². The highest BCUT2D eigenvalue weighted by Crippen LogP contribution is 2.28. The number of nitrogens with one attached hydrogen (secondary N) is 2. The summed E-state index contributed by atoms with van der Waals surface area (Å²) in [5.74, 6) is -3.38. The highest BCUT2D eigenvalue weighted by Gasteiger charge is 2.23. The molecule has 1 atom stereocenters. The van der Waals surface area contributed by atoms with E-state index in [1.807, 2.05) is 30.3 Å². The number of aromatic amines is 1. The zero-order valence-corrected chi connectivity index (χ0v) is 22.3. The molecule has 1 aliphatic heterocycles. The number of hydrogen-bond donors (Lipinski definition) is 5. The van der Waals surface area contributed by atoms with E-state index in [2.05, 4.69) is 20.2 Å². The number of aliphatic carboxylic acids is 2. The number of methoxy groups -OCH3 is 1. The van der Waals surface area contributed by atoms with Gasteiger partial charge in [-0.05, 0) is 73.5 Å². The SMILES string of the molecule is COc1ccc2nccc([C@@H](O)CN3CCC(NCc4cc5oc(=O)[nH]c5cc4Cl)CC3)c2c1.O=C(O)C(=O)O. The molecule has 0 unspecified atom stereocenters. The van der Waals surface area contributed by atoms with Crippen LogP contribution in [0.15, 0.2) is 51.8 Å². The topological polar surface area (TPSA) is 178 Å². The number of aliphatic hydroxyl groups is 1. The van der Waals surface area contributed by atoms with Crippen molar-refractivity contribution in [2.24, 2.45) is 0 Å². The van der Waals surface area contributed by atoms with Gasteiger partial charge in [0.2, 0.25) is 0 Å². The van der Waals surface area contributed by atoms with Crippen molar-refractivity contribution in [3.63, 3.8) is 0 Å². The average Bonchev–Trinajstić information content (AvgIpc) is 3.30. The zero-order chi connectivity index (χ0) is 28.8. The Bertz CT molecular complexity index is 1550. The van der Waals surface area contributed by atoms with Crippen LogP contribution in [0, 0.1) is 0 Å². The number of benzene rings is 2. The second kappa shape index (κ2) is 12.9. The van der Waals surface area contributed by atoms with E-state index in [9.17, 15) is 9.90 Å². The molecule has 1 aliphatic rings. The maximum Gasteiger partial charge on any atom is 0.417 e. The molecule has 1 saturated heterocycles. The molecule has 5 N–H and O–H groups in total. The van der Waals surface area contributed by atoms with Gasteiger partial charge in [-0.15, -0.1) is 0 Å². The van der Waals surface area contributed by atoms with Gasteiger partial charge in [-0.1, -0.05) is 11.6 Å². The minimum atomic E-state index is -1.82. The first-order chi connectivity index (χ1) is 19.1. The minimum Gasteiger partial charge on any atom is -0.497 e. The second-order valence-corrected chi connectivity index (χ2v) is 9.73. The molecule has 0 saturated carbocycles. The fraction of sp³-hybridized carbons (Fsp3) is 0.333. The van der Waals surface area contributed by atoms with E-state index in [-0.39, 0.29) is 0 Å². The number of likely N-dealkylation sites (tertiary alicyclic amines) is 1. The maximum absolute atomic E-state index is 11.4. The molecule has 0 amide bonds. The molecule has 1 fully saturated rings. The quantitative estimate of drug-likeness (QED) is 0.206. The van der Waals surface area contributed by atoms with Crippen LogP contribution in [-0.2, 0) is 16.1 Å². The van der Waals surface area contributed by atoms with Gasteiger partial charge in [0, 0.05) is 35.7 Å². The van der Waals surface area contributed by atoms with Gasteiger partial charge < -0.3 is 34.7 Å². The van der Waals surface area contributed by atoms with Crippen molar-refractivity contribution in [1.82, 2.24) is 20.2 Å². The average molecular weight is 573 g/mol. The second-order valence-electron chi connectivity index (χ2n) is 9.32. The Hall–Kier alpha value is -3.97. The molecule has 212 valence electrons. The molecule has 0 spiro atoms. The first-order valence-corrected chi connectivity index (χ1v) is 12.9. The van der Waals surface area contributed by atoms with Crippen LogP contribution in [0.2, 0.25) is 5.02 Å². The van der Waals surface area contributed by atoms with Gasteiger partial charge in [-0.25, -0.2) is 14.4 Å². The smallest absolute Gasteiger partial charge is 0.417 e. The minimum absolute atomic E-state index is 0.351. The highest BCUT2D eigenvalue weighted by molar-refractivity contribution is 6.32. The summed E-state index contributed by atoms with van der Waals surface area (Å²) in [6.45, 7) is 2.95. The van der Waals surface area contributed by atoms with Crippen molar-refractivity contribution in [3.05, 3.63) is 69.3 Å². The largest absolute Gasteiger partial charge is 0.497 e. The molecule has 5 rings (SSSR count). The third kappa shape index (κ3) is 7.16. The summed E-state index contributed by atoms with van der Waals surface area (Å²) in [5.41, 5.74) is 3.72. The Labute approximate surface area is 233 Å². The molecule has 0 aliphatic carbocycles. The molecule has 0 bridgehead atoms. The van der Waals surface area contributed by atoms with Crippen LogP contribution in [0.25, 0.3) is 22.0 Å². The Morgan fingerprint density at radius 3 is 2.60 bits per heavy atom. The predicted molar refractivity (Wildman–Crippen MR) is 147 cm³/mol. The first-order valence-electron chi connectivity index (χ1n) is 12.5. The Balaban J connectivity index is 0.000000557. The molecule has 13 heteroatoms. The molecule has 12 nitrogen and oxygen atoms in total. The van der Waals surface area contributed by atoms with Gasteiger partial charge in [0.1, 0.15) is 5.75 Å². The Morgan fingerprint density at radius 1 is 1.20 bits per heavy atom. The van der Waals surface area contributed by atoms with Crippen LogP contribution in [0.4, 0.5) is 0 Å². The highest BCUT2D eigenvalue weighted by atomic mass is 35.5. The van der Waals surface area contributed by atoms with E-state index < -0.39 is 23.8 Å². The lowest BCUT2D eigenvalue weighted by atomic mass is 10.0. The predicted octanol–water partition coefficient (Wildman–Crippen LogP) is 2.77.